The molecule has 0 saturated carbocycles. The summed E-state index contributed by atoms with van der Waals surface area (Å²) in [6.07, 6.45) is 3.64. The molecule has 1 aliphatic heterocycles. The van der Waals surface area contributed by atoms with Crippen molar-refractivity contribution in [1.82, 2.24) is 19.8 Å². The molecule has 0 aliphatic carbocycles. The van der Waals surface area contributed by atoms with Crippen LogP contribution < -0.4 is 0 Å². The lowest BCUT2D eigenvalue weighted by Crippen LogP contribution is -2.48. The van der Waals surface area contributed by atoms with E-state index in [0.717, 1.165) is 43.3 Å². The number of rotatable bonds is 4. The zero-order valence-corrected chi connectivity index (χ0v) is 15.3. The lowest BCUT2D eigenvalue weighted by molar-refractivity contribution is 0.0623. The highest BCUT2D eigenvalue weighted by atomic mass is 32.1. The molecule has 0 aromatic carbocycles. The summed E-state index contributed by atoms with van der Waals surface area (Å²) in [5.74, 6) is 0.0429. The van der Waals surface area contributed by atoms with Crippen LogP contribution in [0, 0.1) is 0 Å². The third-order valence-electron chi connectivity index (χ3n) is 4.31. The fourth-order valence-electron chi connectivity index (χ4n) is 2.91. The summed E-state index contributed by atoms with van der Waals surface area (Å²) in [6, 6.07) is 6.12. The quantitative estimate of drug-likeness (QED) is 0.707. The van der Waals surface area contributed by atoms with Gasteiger partial charge in [-0.25, -0.2) is 4.98 Å². The Labute approximate surface area is 154 Å². The Morgan fingerprint density at radius 1 is 1.08 bits per heavy atom. The largest absolute Gasteiger partial charge is 0.335 e. The predicted molar refractivity (Wildman–Crippen MR) is 101 cm³/mol. The highest BCUT2D eigenvalue weighted by molar-refractivity contribution is 7.14. The minimum absolute atomic E-state index is 0.0429. The van der Waals surface area contributed by atoms with Crippen LogP contribution in [-0.4, -0.2) is 51.9 Å². The topological polar surface area (TPSA) is 49.3 Å². The van der Waals surface area contributed by atoms with Crippen LogP contribution in [0.2, 0.25) is 0 Å². The normalized spacial score (nSPS) is 15.4. The second-order valence-electron chi connectivity index (χ2n) is 5.97. The summed E-state index contributed by atoms with van der Waals surface area (Å²) < 4.78 is 0. The highest BCUT2D eigenvalue weighted by Gasteiger charge is 2.24. The predicted octanol–water partition coefficient (Wildman–Crippen LogP) is 3.22. The maximum absolute atomic E-state index is 12.7. The van der Waals surface area contributed by atoms with E-state index < -0.39 is 0 Å². The summed E-state index contributed by atoms with van der Waals surface area (Å²) in [5.41, 5.74) is 2.92. The maximum Gasteiger partial charge on any atom is 0.273 e. The van der Waals surface area contributed by atoms with Crippen molar-refractivity contribution in [2.45, 2.75) is 6.54 Å². The zero-order valence-electron chi connectivity index (χ0n) is 13.7. The zero-order chi connectivity index (χ0) is 17.1. The van der Waals surface area contributed by atoms with Gasteiger partial charge >= 0.3 is 0 Å². The third-order valence-corrected chi connectivity index (χ3v) is 5.88. The van der Waals surface area contributed by atoms with Crippen molar-refractivity contribution in [2.75, 3.05) is 26.2 Å². The van der Waals surface area contributed by atoms with Gasteiger partial charge in [0.15, 0.2) is 0 Å². The Hall–Kier alpha value is -2.09. The number of carbonyl (C=O) groups excluding carboxylic acids is 1. The molecule has 0 unspecified atom stereocenters. The second kappa shape index (κ2) is 7.43. The molecule has 1 amide bonds. The summed E-state index contributed by atoms with van der Waals surface area (Å²) in [7, 11) is 0. The SMILES string of the molecule is O=C(c1csc(-c2ccsc2)n1)N1CCN(Cc2ccncc2)CC1. The smallest absolute Gasteiger partial charge is 0.273 e. The van der Waals surface area contributed by atoms with E-state index >= 15 is 0 Å². The summed E-state index contributed by atoms with van der Waals surface area (Å²) in [4.78, 5) is 25.6. The van der Waals surface area contributed by atoms with Crippen LogP contribution in [0.3, 0.4) is 0 Å². The fraction of sp³-hybridized carbons (Fsp3) is 0.278. The Morgan fingerprint density at radius 2 is 1.88 bits per heavy atom. The van der Waals surface area contributed by atoms with Crippen LogP contribution in [0.4, 0.5) is 0 Å². The molecule has 1 aliphatic rings. The number of pyridine rings is 1. The van der Waals surface area contributed by atoms with E-state index in [1.165, 1.54) is 16.9 Å². The number of thiazole rings is 1. The van der Waals surface area contributed by atoms with Crippen molar-refractivity contribution in [3.8, 4) is 10.6 Å². The summed E-state index contributed by atoms with van der Waals surface area (Å²) >= 11 is 3.18. The van der Waals surface area contributed by atoms with E-state index in [4.69, 9.17) is 0 Å². The minimum Gasteiger partial charge on any atom is -0.335 e. The lowest BCUT2D eigenvalue weighted by atomic mass is 10.2. The van der Waals surface area contributed by atoms with Crippen molar-refractivity contribution < 1.29 is 4.79 Å². The van der Waals surface area contributed by atoms with Crippen LogP contribution in [-0.2, 0) is 6.54 Å². The maximum atomic E-state index is 12.7. The number of piperazine rings is 1. The van der Waals surface area contributed by atoms with Crippen molar-refractivity contribution in [1.29, 1.82) is 0 Å². The van der Waals surface area contributed by atoms with E-state index in [-0.39, 0.29) is 5.91 Å². The number of nitrogens with zero attached hydrogens (tertiary/aromatic N) is 4. The number of amides is 1. The first-order valence-electron chi connectivity index (χ1n) is 8.18. The van der Waals surface area contributed by atoms with Crippen LogP contribution >= 0.6 is 22.7 Å². The van der Waals surface area contributed by atoms with Crippen molar-refractivity contribution >= 4 is 28.6 Å². The highest BCUT2D eigenvalue weighted by Crippen LogP contribution is 2.26. The van der Waals surface area contributed by atoms with E-state index in [1.807, 2.05) is 46.3 Å². The molecule has 4 rings (SSSR count). The molecule has 0 bridgehead atoms. The van der Waals surface area contributed by atoms with Crippen LogP contribution in [0.15, 0.2) is 46.7 Å². The number of aromatic nitrogens is 2. The molecule has 0 radical (unpaired) electrons. The third kappa shape index (κ3) is 3.78. The molecule has 4 heterocycles. The molecule has 128 valence electrons. The van der Waals surface area contributed by atoms with Gasteiger partial charge in [-0.05, 0) is 29.1 Å². The van der Waals surface area contributed by atoms with Gasteiger partial charge in [0.25, 0.3) is 5.91 Å². The van der Waals surface area contributed by atoms with Gasteiger partial charge in [-0.15, -0.1) is 11.3 Å². The molecular formula is C18H18N4OS2. The van der Waals surface area contributed by atoms with Gasteiger partial charge in [0, 0.05) is 61.4 Å². The van der Waals surface area contributed by atoms with E-state index in [1.54, 1.807) is 11.3 Å². The number of hydrogen-bond acceptors (Lipinski definition) is 6. The molecule has 5 nitrogen and oxygen atoms in total. The van der Waals surface area contributed by atoms with Gasteiger partial charge in [-0.2, -0.15) is 11.3 Å². The van der Waals surface area contributed by atoms with Gasteiger partial charge in [-0.3, -0.25) is 14.7 Å². The Kier molecular flexibility index (Phi) is 4.87. The number of hydrogen-bond donors (Lipinski definition) is 0. The van der Waals surface area contributed by atoms with Crippen LogP contribution in [0.5, 0.6) is 0 Å². The minimum atomic E-state index is 0.0429. The van der Waals surface area contributed by atoms with Gasteiger partial charge < -0.3 is 4.90 Å². The Morgan fingerprint density at radius 3 is 2.60 bits per heavy atom. The molecule has 3 aromatic rings. The van der Waals surface area contributed by atoms with Gasteiger partial charge in [0.1, 0.15) is 10.7 Å². The first-order valence-corrected chi connectivity index (χ1v) is 10.0. The average Bonchev–Trinajstić information content (AvgIpc) is 3.34. The number of carbonyl (C=O) groups is 1. The van der Waals surface area contributed by atoms with Gasteiger partial charge in [0.2, 0.25) is 0 Å². The van der Waals surface area contributed by atoms with E-state index in [0.29, 0.717) is 5.69 Å². The standard InChI is InChI=1S/C18H18N4OS2/c23-18(16-13-25-17(20-16)15-3-10-24-12-15)22-8-6-21(7-9-22)11-14-1-4-19-5-2-14/h1-5,10,12-13H,6-9,11H2. The average molecular weight is 371 g/mol. The van der Waals surface area contributed by atoms with Gasteiger partial charge in [0.05, 0.1) is 0 Å². The van der Waals surface area contributed by atoms with Gasteiger partial charge in [-0.1, -0.05) is 0 Å². The molecule has 1 fully saturated rings. The molecule has 7 heteroatoms. The van der Waals surface area contributed by atoms with Crippen molar-refractivity contribution in [3.05, 3.63) is 58.0 Å². The molecular weight excluding hydrogens is 352 g/mol. The monoisotopic (exact) mass is 370 g/mol. The molecule has 1 saturated heterocycles. The second-order valence-corrected chi connectivity index (χ2v) is 7.61. The Balaban J connectivity index is 1.35. The number of thiophene rings is 1. The van der Waals surface area contributed by atoms with E-state index in [9.17, 15) is 4.79 Å². The van der Waals surface area contributed by atoms with Crippen molar-refractivity contribution in [3.63, 3.8) is 0 Å². The van der Waals surface area contributed by atoms with E-state index in [2.05, 4.69) is 20.2 Å². The molecule has 3 aromatic heterocycles. The summed E-state index contributed by atoms with van der Waals surface area (Å²) in [5, 5.41) is 6.88. The fourth-order valence-corrected chi connectivity index (χ4v) is 4.41. The lowest BCUT2D eigenvalue weighted by Gasteiger charge is -2.34. The molecule has 0 atom stereocenters. The first-order chi connectivity index (χ1) is 12.3. The van der Waals surface area contributed by atoms with Crippen molar-refractivity contribution in [2.24, 2.45) is 0 Å². The molecule has 0 spiro atoms. The molecule has 0 N–H and O–H groups in total. The first kappa shape index (κ1) is 16.4. The van der Waals surface area contributed by atoms with Crippen LogP contribution in [0.25, 0.3) is 10.6 Å². The molecule has 25 heavy (non-hydrogen) atoms. The summed E-state index contributed by atoms with van der Waals surface area (Å²) in [6.45, 7) is 4.17. The Bertz CT molecular complexity index is 824. The van der Waals surface area contributed by atoms with Crippen LogP contribution in [0.1, 0.15) is 16.1 Å².